The minimum Gasteiger partial charge on any atom is -0.396 e. The lowest BCUT2D eigenvalue weighted by Gasteiger charge is -2.19. The van der Waals surface area contributed by atoms with Crippen molar-refractivity contribution in [2.24, 2.45) is 5.92 Å². The maximum absolute atomic E-state index is 12.2. The third kappa shape index (κ3) is 3.45. The van der Waals surface area contributed by atoms with Crippen molar-refractivity contribution < 1.29 is 14.8 Å². The van der Waals surface area contributed by atoms with E-state index in [4.69, 9.17) is 23.2 Å². The predicted molar refractivity (Wildman–Crippen MR) is 78.8 cm³/mol. The Hall–Kier alpha value is -1.37. The molecule has 0 heterocycles. The number of hydrogen-bond donors (Lipinski definition) is 2. The van der Waals surface area contributed by atoms with Crippen LogP contribution in [0.3, 0.4) is 0 Å². The predicted octanol–water partition coefficient (Wildman–Crippen LogP) is 2.79. The van der Waals surface area contributed by atoms with Crippen LogP contribution in [0.4, 0.5) is 5.69 Å². The maximum atomic E-state index is 12.2. The molecule has 0 radical (unpaired) electrons. The molecule has 6 nitrogen and oxygen atoms in total. The molecule has 2 N–H and O–H groups in total. The molecule has 0 aromatic heterocycles. The molecule has 2 rings (SSSR count). The Labute approximate surface area is 131 Å². The molecule has 2 atom stereocenters. The zero-order valence-electron chi connectivity index (χ0n) is 11.0. The highest BCUT2D eigenvalue weighted by molar-refractivity contribution is 6.43. The second kappa shape index (κ2) is 6.60. The molecule has 1 saturated carbocycles. The SMILES string of the molecule is O=C(NC1CCCC1CO)c1cc(Cl)c(Cl)c([N+](=O)[O-])c1. The van der Waals surface area contributed by atoms with Gasteiger partial charge < -0.3 is 10.4 Å². The lowest BCUT2D eigenvalue weighted by atomic mass is 10.0. The Balaban J connectivity index is 2.21. The lowest BCUT2D eigenvalue weighted by molar-refractivity contribution is -0.384. The third-order valence-electron chi connectivity index (χ3n) is 3.68. The number of nitrogens with zero attached hydrogens (tertiary/aromatic N) is 1. The van der Waals surface area contributed by atoms with Crippen LogP contribution in [0.1, 0.15) is 29.6 Å². The average molecular weight is 333 g/mol. The van der Waals surface area contributed by atoms with Crippen LogP contribution in [0.5, 0.6) is 0 Å². The number of benzene rings is 1. The Morgan fingerprint density at radius 2 is 2.14 bits per heavy atom. The van der Waals surface area contributed by atoms with E-state index in [9.17, 15) is 20.0 Å². The highest BCUT2D eigenvalue weighted by Gasteiger charge is 2.29. The van der Waals surface area contributed by atoms with Crippen LogP contribution in [-0.4, -0.2) is 28.6 Å². The standard InChI is InChI=1S/C13H14Cl2N2O4/c14-9-4-8(5-11(12(9)15)17(20)21)13(19)16-10-3-1-2-7(10)6-18/h4-5,7,10,18H,1-3,6H2,(H,16,19). The molecule has 1 aromatic rings. The fourth-order valence-corrected chi connectivity index (χ4v) is 2.93. The van der Waals surface area contributed by atoms with Crippen molar-refractivity contribution in [1.29, 1.82) is 0 Å². The smallest absolute Gasteiger partial charge is 0.290 e. The summed E-state index contributed by atoms with van der Waals surface area (Å²) in [5.41, 5.74) is -0.320. The Kier molecular flexibility index (Phi) is 5.03. The van der Waals surface area contributed by atoms with Crippen molar-refractivity contribution in [3.63, 3.8) is 0 Å². The van der Waals surface area contributed by atoms with E-state index in [-0.39, 0.29) is 34.2 Å². The van der Waals surface area contributed by atoms with Crippen LogP contribution in [0.15, 0.2) is 12.1 Å². The van der Waals surface area contributed by atoms with Gasteiger partial charge in [-0.05, 0) is 18.9 Å². The maximum Gasteiger partial charge on any atom is 0.290 e. The van der Waals surface area contributed by atoms with Gasteiger partial charge in [0.05, 0.1) is 9.95 Å². The Morgan fingerprint density at radius 1 is 1.43 bits per heavy atom. The molecule has 114 valence electrons. The van der Waals surface area contributed by atoms with E-state index in [2.05, 4.69) is 5.32 Å². The molecule has 8 heteroatoms. The van der Waals surface area contributed by atoms with Gasteiger partial charge in [-0.3, -0.25) is 14.9 Å². The highest BCUT2D eigenvalue weighted by Crippen LogP contribution is 2.33. The summed E-state index contributed by atoms with van der Waals surface area (Å²) in [7, 11) is 0. The number of carbonyl (C=O) groups is 1. The van der Waals surface area contributed by atoms with E-state index in [0.717, 1.165) is 25.3 Å². The first-order valence-corrected chi connectivity index (χ1v) is 7.24. The molecule has 2 unspecified atom stereocenters. The number of halogens is 2. The van der Waals surface area contributed by atoms with Crippen molar-refractivity contribution in [3.05, 3.63) is 37.9 Å². The largest absolute Gasteiger partial charge is 0.396 e. The quantitative estimate of drug-likeness (QED) is 0.654. The normalized spacial score (nSPS) is 21.3. The number of hydrogen-bond acceptors (Lipinski definition) is 4. The number of nitro benzene ring substituents is 1. The monoisotopic (exact) mass is 332 g/mol. The van der Waals surface area contributed by atoms with Crippen LogP contribution in [0.2, 0.25) is 10.0 Å². The Morgan fingerprint density at radius 3 is 2.76 bits per heavy atom. The number of nitro groups is 1. The van der Waals surface area contributed by atoms with E-state index < -0.39 is 16.5 Å². The summed E-state index contributed by atoms with van der Waals surface area (Å²) in [6, 6.07) is 2.28. The van der Waals surface area contributed by atoms with E-state index in [1.165, 1.54) is 6.07 Å². The second-order valence-electron chi connectivity index (χ2n) is 5.00. The first-order chi connectivity index (χ1) is 9.93. The molecule has 1 fully saturated rings. The van der Waals surface area contributed by atoms with E-state index in [1.807, 2.05) is 0 Å². The molecule has 0 saturated heterocycles. The minimum atomic E-state index is -0.683. The van der Waals surface area contributed by atoms with Crippen molar-refractivity contribution in [3.8, 4) is 0 Å². The zero-order chi connectivity index (χ0) is 15.6. The van der Waals surface area contributed by atoms with Crippen molar-refractivity contribution in [2.45, 2.75) is 25.3 Å². The number of rotatable bonds is 4. The van der Waals surface area contributed by atoms with Gasteiger partial charge in [0.2, 0.25) is 0 Å². The van der Waals surface area contributed by atoms with Gasteiger partial charge in [-0.2, -0.15) is 0 Å². The van der Waals surface area contributed by atoms with E-state index in [1.54, 1.807) is 0 Å². The summed E-state index contributed by atoms with van der Waals surface area (Å²) in [5.74, 6) is -0.436. The van der Waals surface area contributed by atoms with Gasteiger partial charge >= 0.3 is 0 Å². The molecule has 1 amide bonds. The summed E-state index contributed by atoms with van der Waals surface area (Å²) in [6.45, 7) is 0.00642. The number of aliphatic hydroxyl groups is 1. The van der Waals surface area contributed by atoms with Gasteiger partial charge in [-0.1, -0.05) is 29.6 Å². The summed E-state index contributed by atoms with van der Waals surface area (Å²) >= 11 is 11.6. The lowest BCUT2D eigenvalue weighted by Crippen LogP contribution is -2.38. The van der Waals surface area contributed by atoms with Gasteiger partial charge in [0.1, 0.15) is 5.02 Å². The molecule has 0 spiro atoms. The van der Waals surface area contributed by atoms with Gasteiger partial charge in [0, 0.05) is 30.2 Å². The van der Waals surface area contributed by atoms with Gasteiger partial charge in [-0.15, -0.1) is 0 Å². The van der Waals surface area contributed by atoms with Crippen molar-refractivity contribution in [1.82, 2.24) is 5.32 Å². The molecule has 1 aliphatic rings. The fraction of sp³-hybridized carbons (Fsp3) is 0.462. The number of carbonyl (C=O) groups excluding carboxylic acids is 1. The third-order valence-corrected chi connectivity index (χ3v) is 4.47. The second-order valence-corrected chi connectivity index (χ2v) is 5.79. The van der Waals surface area contributed by atoms with Gasteiger partial charge in [0.25, 0.3) is 11.6 Å². The molecule has 1 aromatic carbocycles. The average Bonchev–Trinajstić information content (AvgIpc) is 2.88. The zero-order valence-corrected chi connectivity index (χ0v) is 12.5. The molecule has 0 bridgehead atoms. The number of amides is 1. The van der Waals surface area contributed by atoms with Gasteiger partial charge in [-0.25, -0.2) is 0 Å². The molecular weight excluding hydrogens is 319 g/mol. The van der Waals surface area contributed by atoms with Crippen LogP contribution < -0.4 is 5.32 Å². The summed E-state index contributed by atoms with van der Waals surface area (Å²) in [5, 5.41) is 22.7. The molecule has 21 heavy (non-hydrogen) atoms. The Bertz CT molecular complexity index is 580. The van der Waals surface area contributed by atoms with Crippen LogP contribution in [0.25, 0.3) is 0 Å². The number of aliphatic hydroxyl groups excluding tert-OH is 1. The summed E-state index contributed by atoms with van der Waals surface area (Å²) < 4.78 is 0. The van der Waals surface area contributed by atoms with Crippen molar-refractivity contribution >= 4 is 34.8 Å². The first-order valence-electron chi connectivity index (χ1n) is 6.49. The molecular formula is C13H14Cl2N2O4. The van der Waals surface area contributed by atoms with Gasteiger partial charge in [0.15, 0.2) is 0 Å². The molecule has 0 aliphatic heterocycles. The summed E-state index contributed by atoms with van der Waals surface area (Å²) in [6.07, 6.45) is 2.56. The van der Waals surface area contributed by atoms with E-state index in [0.29, 0.717) is 0 Å². The van der Waals surface area contributed by atoms with Crippen LogP contribution in [-0.2, 0) is 0 Å². The summed E-state index contributed by atoms with van der Waals surface area (Å²) in [4.78, 5) is 22.4. The number of nitrogens with one attached hydrogen (secondary N) is 1. The highest BCUT2D eigenvalue weighted by atomic mass is 35.5. The minimum absolute atomic E-state index is 0.00642. The molecule has 1 aliphatic carbocycles. The van der Waals surface area contributed by atoms with E-state index >= 15 is 0 Å². The van der Waals surface area contributed by atoms with Crippen molar-refractivity contribution in [2.75, 3.05) is 6.61 Å². The first kappa shape index (κ1) is 16.0. The van der Waals surface area contributed by atoms with Crippen LogP contribution in [0, 0.1) is 16.0 Å². The van der Waals surface area contributed by atoms with Crippen LogP contribution >= 0.6 is 23.2 Å². The topological polar surface area (TPSA) is 92.5 Å². The fourth-order valence-electron chi connectivity index (χ4n) is 2.54.